The molecule has 1 unspecified atom stereocenters. The first-order chi connectivity index (χ1) is 20.3. The Morgan fingerprint density at radius 3 is 2.60 bits per heavy atom. The number of nitrogens with zero attached hydrogens (tertiary/aromatic N) is 6. The minimum Gasteiger partial charge on any atom is -0.304 e. The van der Waals surface area contributed by atoms with Gasteiger partial charge in [-0.05, 0) is 86.5 Å². The lowest BCUT2D eigenvalue weighted by Crippen LogP contribution is -2.45. The highest BCUT2D eigenvalue weighted by atomic mass is 19.3. The summed E-state index contributed by atoms with van der Waals surface area (Å²) in [5.41, 5.74) is 1.13. The number of carbonyl (C=O) groups excluding carboxylic acids is 1. The van der Waals surface area contributed by atoms with E-state index in [-0.39, 0.29) is 41.5 Å². The van der Waals surface area contributed by atoms with Gasteiger partial charge in [0.25, 0.3) is 11.8 Å². The number of likely N-dealkylation sites (tertiary alicyclic amines) is 1. The molecule has 2 fully saturated rings. The molecule has 0 bridgehead atoms. The van der Waals surface area contributed by atoms with E-state index in [0.29, 0.717) is 55.6 Å². The van der Waals surface area contributed by atoms with Crippen molar-refractivity contribution in [2.75, 3.05) is 18.0 Å². The lowest BCUT2D eigenvalue weighted by molar-refractivity contribution is 0.0164. The van der Waals surface area contributed by atoms with Crippen LogP contribution in [0.5, 0.6) is 0 Å². The summed E-state index contributed by atoms with van der Waals surface area (Å²) in [6.45, 7) is 3.76. The molecule has 7 nitrogen and oxygen atoms in total. The summed E-state index contributed by atoms with van der Waals surface area (Å²) in [7, 11) is 3.82. The lowest BCUT2D eigenvalue weighted by atomic mass is 9.57. The van der Waals surface area contributed by atoms with Crippen molar-refractivity contribution >= 4 is 11.6 Å². The van der Waals surface area contributed by atoms with Crippen molar-refractivity contribution in [2.45, 2.75) is 82.5 Å². The fraction of sp³-hybridized carbons (Fsp3) is 0.545. The Bertz CT molecular complexity index is 1590. The number of fused-ring (bicyclic) bond motifs is 1. The lowest BCUT2D eigenvalue weighted by Gasteiger charge is -2.46. The number of aromatic nitrogens is 3. The summed E-state index contributed by atoms with van der Waals surface area (Å²) < 4.78 is 47.0. The maximum atomic E-state index is 15.0. The molecule has 2 aliphatic heterocycles. The van der Waals surface area contributed by atoms with Crippen LogP contribution in [0.15, 0.2) is 36.4 Å². The van der Waals surface area contributed by atoms with Crippen LogP contribution in [0.3, 0.4) is 0 Å². The highest BCUT2D eigenvalue weighted by Gasteiger charge is 2.47. The molecule has 6 rings (SSSR count). The Balaban J connectivity index is 1.31. The SMILES string of the molecule is Cn1nc(CC2(c3cccc(N4Cc5c(cc(CN6CCCCC(C)(F)C6)cc5C(C)(F)F)C4=O)c3)CC(C#N)C2)n1C. The molecule has 10 heteroatoms. The number of rotatable bonds is 7. The molecule has 1 saturated carbocycles. The van der Waals surface area contributed by atoms with Gasteiger partial charge in [-0.25, -0.2) is 18.0 Å². The highest BCUT2D eigenvalue weighted by Crippen LogP contribution is 2.50. The van der Waals surface area contributed by atoms with Crippen molar-refractivity contribution in [3.63, 3.8) is 0 Å². The smallest absolute Gasteiger partial charge is 0.270 e. The third-order valence-electron chi connectivity index (χ3n) is 9.75. The van der Waals surface area contributed by atoms with Crippen LogP contribution in [0.1, 0.15) is 84.4 Å². The predicted molar refractivity (Wildman–Crippen MR) is 158 cm³/mol. The van der Waals surface area contributed by atoms with Crippen LogP contribution in [-0.4, -0.2) is 44.1 Å². The van der Waals surface area contributed by atoms with E-state index in [1.54, 1.807) is 22.7 Å². The Hall–Kier alpha value is -3.58. The van der Waals surface area contributed by atoms with Crippen molar-refractivity contribution in [3.05, 3.63) is 70.0 Å². The first-order valence-electron chi connectivity index (χ1n) is 15.1. The zero-order valence-electron chi connectivity index (χ0n) is 25.3. The van der Waals surface area contributed by atoms with Gasteiger partial charge in [0.05, 0.1) is 12.6 Å². The Morgan fingerprint density at radius 2 is 1.93 bits per heavy atom. The summed E-state index contributed by atoms with van der Waals surface area (Å²) in [6.07, 6.45) is 4.19. The van der Waals surface area contributed by atoms with E-state index in [1.807, 2.05) is 47.9 Å². The fourth-order valence-electron chi connectivity index (χ4n) is 7.35. The van der Waals surface area contributed by atoms with Crippen LogP contribution in [0.2, 0.25) is 0 Å². The number of halogens is 3. The molecule has 1 amide bonds. The van der Waals surface area contributed by atoms with Crippen LogP contribution in [0.4, 0.5) is 18.9 Å². The third-order valence-corrected chi connectivity index (χ3v) is 9.75. The van der Waals surface area contributed by atoms with Gasteiger partial charge in [-0.2, -0.15) is 5.26 Å². The average Bonchev–Trinajstić information content (AvgIpc) is 3.16. The van der Waals surface area contributed by atoms with Crippen LogP contribution < -0.4 is 4.90 Å². The summed E-state index contributed by atoms with van der Waals surface area (Å²) in [6, 6.07) is 13.4. The van der Waals surface area contributed by atoms with E-state index in [2.05, 4.69) is 11.2 Å². The van der Waals surface area contributed by atoms with E-state index in [1.165, 1.54) is 6.07 Å². The van der Waals surface area contributed by atoms with Crippen molar-refractivity contribution < 1.29 is 18.0 Å². The first-order valence-corrected chi connectivity index (χ1v) is 15.1. The van der Waals surface area contributed by atoms with Crippen LogP contribution >= 0.6 is 0 Å². The summed E-state index contributed by atoms with van der Waals surface area (Å²) in [5.74, 6) is -2.56. The molecular formula is C33H39F3N6O. The number of carbonyl (C=O) groups is 1. The second kappa shape index (κ2) is 10.5. The van der Waals surface area contributed by atoms with Gasteiger partial charge in [-0.1, -0.05) is 12.1 Å². The van der Waals surface area contributed by atoms with Gasteiger partial charge >= 0.3 is 0 Å². The molecule has 2 aromatic carbocycles. The van der Waals surface area contributed by atoms with Gasteiger partial charge < -0.3 is 4.90 Å². The Morgan fingerprint density at radius 1 is 1.16 bits per heavy atom. The molecule has 0 N–H and O–H groups in total. The number of alkyl halides is 3. The van der Waals surface area contributed by atoms with Gasteiger partial charge in [0.2, 0.25) is 0 Å². The first kappa shape index (κ1) is 29.5. The molecule has 3 aromatic rings. The molecule has 3 heterocycles. The maximum absolute atomic E-state index is 15.0. The fourth-order valence-corrected chi connectivity index (χ4v) is 7.35. The number of hydrogen-bond acceptors (Lipinski definition) is 4. The van der Waals surface area contributed by atoms with E-state index in [0.717, 1.165) is 31.2 Å². The zero-order valence-corrected chi connectivity index (χ0v) is 25.3. The molecule has 1 atom stereocenters. The summed E-state index contributed by atoms with van der Waals surface area (Å²) in [4.78, 5) is 19.2. The molecule has 43 heavy (non-hydrogen) atoms. The van der Waals surface area contributed by atoms with E-state index < -0.39 is 11.6 Å². The molecule has 1 aromatic heterocycles. The van der Waals surface area contributed by atoms with E-state index >= 15 is 8.78 Å². The van der Waals surface area contributed by atoms with Crippen molar-refractivity contribution in [1.82, 2.24) is 19.5 Å². The van der Waals surface area contributed by atoms with Gasteiger partial charge in [0.15, 0.2) is 0 Å². The predicted octanol–water partition coefficient (Wildman–Crippen LogP) is 6.16. The van der Waals surface area contributed by atoms with Crippen LogP contribution in [0.25, 0.3) is 0 Å². The van der Waals surface area contributed by atoms with Crippen molar-refractivity contribution in [3.8, 4) is 6.07 Å². The molecule has 228 valence electrons. The van der Waals surface area contributed by atoms with Crippen molar-refractivity contribution in [1.29, 1.82) is 5.26 Å². The number of aryl methyl sites for hydroxylation is 1. The minimum absolute atomic E-state index is 0.0442. The summed E-state index contributed by atoms with van der Waals surface area (Å²) >= 11 is 0. The molecule has 0 radical (unpaired) electrons. The zero-order chi connectivity index (χ0) is 30.7. The number of nitriles is 1. The molecular weight excluding hydrogens is 553 g/mol. The molecule has 3 aliphatic rings. The largest absolute Gasteiger partial charge is 0.304 e. The number of anilines is 1. The van der Waals surface area contributed by atoms with E-state index in [4.69, 9.17) is 0 Å². The highest BCUT2D eigenvalue weighted by molar-refractivity contribution is 6.10. The van der Waals surface area contributed by atoms with E-state index in [9.17, 15) is 14.4 Å². The van der Waals surface area contributed by atoms with Gasteiger partial charge in [0.1, 0.15) is 11.5 Å². The quantitative estimate of drug-likeness (QED) is 0.330. The van der Waals surface area contributed by atoms with Crippen LogP contribution in [-0.2, 0) is 44.9 Å². The Labute approximate surface area is 250 Å². The number of hydrogen-bond donors (Lipinski definition) is 0. The molecule has 1 aliphatic carbocycles. The number of benzene rings is 2. The van der Waals surface area contributed by atoms with Crippen molar-refractivity contribution in [2.24, 2.45) is 20.0 Å². The molecule has 1 saturated heterocycles. The minimum atomic E-state index is -3.14. The van der Waals surface area contributed by atoms with Crippen LogP contribution in [0, 0.1) is 17.2 Å². The summed E-state index contributed by atoms with van der Waals surface area (Å²) in [5, 5.41) is 14.1. The second-order valence-corrected chi connectivity index (χ2v) is 13.3. The van der Waals surface area contributed by atoms with Gasteiger partial charge in [0, 0.05) is 68.7 Å². The number of amides is 1. The maximum Gasteiger partial charge on any atom is 0.270 e. The second-order valence-electron chi connectivity index (χ2n) is 13.3. The topological polar surface area (TPSA) is 70.1 Å². The Kier molecular flexibility index (Phi) is 7.23. The molecule has 0 spiro atoms. The average molecular weight is 593 g/mol. The third kappa shape index (κ3) is 5.48. The monoisotopic (exact) mass is 592 g/mol. The standard InChI is InChI=1S/C33H39F3N6O/c1-31(34)10-5-6-11-41(21-31)19-22-12-26-27(28(13-22)32(2,35)36)20-42(30(26)43)25-9-7-8-24(14-25)33(15-23(16-33)18-37)17-29-38-40(4)39(29)3/h7-9,12-14,23H,5-6,10-11,15-17,19-21H2,1-4H3. The van der Waals surface area contributed by atoms with Gasteiger partial charge in [-0.15, -0.1) is 5.10 Å². The van der Waals surface area contributed by atoms with Gasteiger partial charge in [-0.3, -0.25) is 14.4 Å². The normalized spacial score (nSPS) is 26.2.